The summed E-state index contributed by atoms with van der Waals surface area (Å²) in [6, 6.07) is 4.56. The second-order valence-corrected chi connectivity index (χ2v) is 8.32. The number of hydrogen-bond acceptors (Lipinski definition) is 5. The second-order valence-electron chi connectivity index (χ2n) is 5.00. The highest BCUT2D eigenvalue weighted by Gasteiger charge is 2.24. The highest BCUT2D eigenvalue weighted by atomic mass is 79.9. The molecule has 1 saturated heterocycles. The van der Waals surface area contributed by atoms with E-state index >= 15 is 0 Å². The van der Waals surface area contributed by atoms with Crippen LogP contribution in [0.15, 0.2) is 21.3 Å². The van der Waals surface area contributed by atoms with Crippen LogP contribution in [0.1, 0.15) is 23.3 Å². The van der Waals surface area contributed by atoms with Gasteiger partial charge in [-0.1, -0.05) is 0 Å². The Balaban J connectivity index is 1.70. The van der Waals surface area contributed by atoms with Crippen LogP contribution in [-0.4, -0.2) is 42.0 Å². The third-order valence-corrected chi connectivity index (χ3v) is 6.33. The van der Waals surface area contributed by atoms with Crippen LogP contribution in [0.25, 0.3) is 9.88 Å². The van der Waals surface area contributed by atoms with Gasteiger partial charge in [-0.2, -0.15) is 0 Å². The number of rotatable bonds is 3. The summed E-state index contributed by atoms with van der Waals surface area (Å²) in [5.74, 6) is 0.0580. The standard InChI is InChI=1S/C14H16BrN3OS2/c1-16-9-4-6-18(7-5-9)14(19)10-8-20-13(17-10)11-2-3-12(15)21-11/h2-3,8-9,16H,4-7H2,1H3. The smallest absolute Gasteiger partial charge is 0.273 e. The van der Waals surface area contributed by atoms with Crippen molar-refractivity contribution in [2.75, 3.05) is 20.1 Å². The lowest BCUT2D eigenvalue weighted by molar-refractivity contribution is 0.0702. The molecule has 4 nitrogen and oxygen atoms in total. The zero-order valence-electron chi connectivity index (χ0n) is 11.6. The molecule has 0 atom stereocenters. The van der Waals surface area contributed by atoms with Crippen LogP contribution in [-0.2, 0) is 0 Å². The Kier molecular flexibility index (Phi) is 4.73. The number of halogens is 1. The van der Waals surface area contributed by atoms with Gasteiger partial charge in [-0.25, -0.2) is 4.98 Å². The zero-order valence-corrected chi connectivity index (χ0v) is 14.9. The molecule has 1 aliphatic heterocycles. The Hall–Kier alpha value is -0.760. The lowest BCUT2D eigenvalue weighted by Gasteiger charge is -2.31. The second kappa shape index (κ2) is 6.56. The minimum atomic E-state index is 0.0580. The SMILES string of the molecule is CNC1CCN(C(=O)c2csc(-c3ccc(Br)s3)n2)CC1. The summed E-state index contributed by atoms with van der Waals surface area (Å²) in [5.41, 5.74) is 0.572. The molecule has 3 heterocycles. The van der Waals surface area contributed by atoms with Gasteiger partial charge in [-0.05, 0) is 48.0 Å². The maximum absolute atomic E-state index is 12.5. The minimum Gasteiger partial charge on any atom is -0.337 e. The van der Waals surface area contributed by atoms with Crippen LogP contribution in [0, 0.1) is 0 Å². The molecule has 0 bridgehead atoms. The molecule has 1 amide bonds. The van der Waals surface area contributed by atoms with Gasteiger partial charge in [0.25, 0.3) is 5.91 Å². The zero-order chi connectivity index (χ0) is 14.8. The van der Waals surface area contributed by atoms with Crippen molar-refractivity contribution in [3.05, 3.63) is 27.0 Å². The van der Waals surface area contributed by atoms with E-state index < -0.39 is 0 Å². The van der Waals surface area contributed by atoms with Crippen molar-refractivity contribution in [1.29, 1.82) is 0 Å². The van der Waals surface area contributed by atoms with E-state index in [0.717, 1.165) is 39.6 Å². The van der Waals surface area contributed by atoms with Gasteiger partial charge in [-0.15, -0.1) is 22.7 Å². The summed E-state index contributed by atoms with van der Waals surface area (Å²) < 4.78 is 1.08. The van der Waals surface area contributed by atoms with E-state index in [1.54, 1.807) is 11.3 Å². The number of likely N-dealkylation sites (tertiary alicyclic amines) is 1. The summed E-state index contributed by atoms with van der Waals surface area (Å²) in [6.45, 7) is 1.61. The van der Waals surface area contributed by atoms with Crippen molar-refractivity contribution in [1.82, 2.24) is 15.2 Å². The first-order valence-electron chi connectivity index (χ1n) is 6.85. The largest absolute Gasteiger partial charge is 0.337 e. The van der Waals surface area contributed by atoms with E-state index in [1.807, 2.05) is 29.5 Å². The fourth-order valence-corrected chi connectivity index (χ4v) is 4.70. The molecular weight excluding hydrogens is 370 g/mol. The van der Waals surface area contributed by atoms with Gasteiger partial charge < -0.3 is 10.2 Å². The van der Waals surface area contributed by atoms with E-state index in [1.165, 1.54) is 11.3 Å². The van der Waals surface area contributed by atoms with Crippen molar-refractivity contribution >= 4 is 44.5 Å². The highest BCUT2D eigenvalue weighted by Crippen LogP contribution is 2.33. The summed E-state index contributed by atoms with van der Waals surface area (Å²) in [4.78, 5) is 20.0. The molecule has 0 radical (unpaired) electrons. The Morgan fingerprint density at radius 2 is 2.19 bits per heavy atom. The normalized spacial score (nSPS) is 16.4. The first-order valence-corrected chi connectivity index (χ1v) is 9.34. The molecule has 0 aliphatic carbocycles. The van der Waals surface area contributed by atoms with E-state index in [9.17, 15) is 4.79 Å². The number of thiophene rings is 1. The maximum Gasteiger partial charge on any atom is 0.273 e. The number of amides is 1. The average molecular weight is 386 g/mol. The third-order valence-electron chi connectivity index (χ3n) is 3.70. The number of carbonyl (C=O) groups is 1. The number of hydrogen-bond donors (Lipinski definition) is 1. The predicted octanol–water partition coefficient (Wildman–Crippen LogP) is 3.46. The Morgan fingerprint density at radius 3 is 2.81 bits per heavy atom. The Labute approximate surface area is 140 Å². The summed E-state index contributed by atoms with van der Waals surface area (Å²) in [6.07, 6.45) is 2.02. The molecule has 112 valence electrons. The molecule has 0 spiro atoms. The van der Waals surface area contributed by atoms with Crippen LogP contribution in [0.3, 0.4) is 0 Å². The summed E-state index contributed by atoms with van der Waals surface area (Å²) in [7, 11) is 1.98. The van der Waals surface area contributed by atoms with Crippen molar-refractivity contribution in [2.24, 2.45) is 0 Å². The van der Waals surface area contributed by atoms with Crippen molar-refractivity contribution in [3.63, 3.8) is 0 Å². The number of thiazole rings is 1. The van der Waals surface area contributed by atoms with Gasteiger partial charge in [0, 0.05) is 24.5 Å². The number of aromatic nitrogens is 1. The van der Waals surface area contributed by atoms with Crippen LogP contribution in [0.5, 0.6) is 0 Å². The van der Waals surface area contributed by atoms with Gasteiger partial charge >= 0.3 is 0 Å². The molecule has 7 heteroatoms. The first kappa shape index (κ1) is 15.1. The summed E-state index contributed by atoms with van der Waals surface area (Å²) in [5, 5.41) is 6.06. The van der Waals surface area contributed by atoms with Crippen LogP contribution in [0.2, 0.25) is 0 Å². The van der Waals surface area contributed by atoms with E-state index in [-0.39, 0.29) is 5.91 Å². The van der Waals surface area contributed by atoms with Crippen molar-refractivity contribution in [3.8, 4) is 9.88 Å². The molecule has 1 aliphatic rings. The Bertz CT molecular complexity index is 632. The fraction of sp³-hybridized carbons (Fsp3) is 0.429. The molecule has 21 heavy (non-hydrogen) atoms. The average Bonchev–Trinajstić information content (AvgIpc) is 3.15. The first-order chi connectivity index (χ1) is 10.2. The molecule has 0 saturated carbocycles. The van der Waals surface area contributed by atoms with Crippen LogP contribution < -0.4 is 5.32 Å². The Morgan fingerprint density at radius 1 is 1.43 bits per heavy atom. The highest BCUT2D eigenvalue weighted by molar-refractivity contribution is 9.11. The van der Waals surface area contributed by atoms with Gasteiger partial charge in [0.05, 0.1) is 8.66 Å². The van der Waals surface area contributed by atoms with Gasteiger partial charge in [0.15, 0.2) is 0 Å². The van der Waals surface area contributed by atoms with Crippen LogP contribution in [0.4, 0.5) is 0 Å². The molecular formula is C14H16BrN3OS2. The predicted molar refractivity (Wildman–Crippen MR) is 91.1 cm³/mol. The third kappa shape index (κ3) is 3.36. The van der Waals surface area contributed by atoms with E-state index in [2.05, 4.69) is 26.2 Å². The lowest BCUT2D eigenvalue weighted by atomic mass is 10.1. The van der Waals surface area contributed by atoms with Gasteiger partial charge in [0.2, 0.25) is 0 Å². The quantitative estimate of drug-likeness (QED) is 0.879. The van der Waals surface area contributed by atoms with Crippen molar-refractivity contribution < 1.29 is 4.79 Å². The minimum absolute atomic E-state index is 0.0580. The molecule has 0 unspecified atom stereocenters. The molecule has 3 rings (SSSR count). The number of carbonyl (C=O) groups excluding carboxylic acids is 1. The van der Waals surface area contributed by atoms with Gasteiger partial charge in [0.1, 0.15) is 10.7 Å². The topological polar surface area (TPSA) is 45.2 Å². The van der Waals surface area contributed by atoms with Crippen molar-refractivity contribution in [2.45, 2.75) is 18.9 Å². The summed E-state index contributed by atoms with van der Waals surface area (Å²) >= 11 is 6.62. The molecule has 0 aromatic carbocycles. The molecule has 2 aromatic rings. The molecule has 2 aromatic heterocycles. The monoisotopic (exact) mass is 385 g/mol. The van der Waals surface area contributed by atoms with E-state index in [0.29, 0.717) is 11.7 Å². The lowest BCUT2D eigenvalue weighted by Crippen LogP contribution is -2.44. The maximum atomic E-state index is 12.5. The van der Waals surface area contributed by atoms with Gasteiger partial charge in [-0.3, -0.25) is 4.79 Å². The fourth-order valence-electron chi connectivity index (χ4n) is 2.45. The number of nitrogens with zero attached hydrogens (tertiary/aromatic N) is 2. The van der Waals surface area contributed by atoms with E-state index in [4.69, 9.17) is 0 Å². The molecule has 1 fully saturated rings. The number of nitrogens with one attached hydrogen (secondary N) is 1. The molecule has 1 N–H and O–H groups in total. The van der Waals surface area contributed by atoms with Crippen LogP contribution >= 0.6 is 38.6 Å². The number of piperidine rings is 1.